The lowest BCUT2D eigenvalue weighted by molar-refractivity contribution is 0.586. The zero-order valence-corrected chi connectivity index (χ0v) is 10.1. The summed E-state index contributed by atoms with van der Waals surface area (Å²) in [5.41, 5.74) is 0.904. The van der Waals surface area contributed by atoms with Crippen LogP contribution >= 0.6 is 11.6 Å². The molecule has 5 heteroatoms. The maximum absolute atomic E-state index is 5.98. The number of para-hydroxylation sites is 1. The molecule has 0 aliphatic carbocycles. The molecule has 2 heterocycles. The molecule has 1 aliphatic rings. The number of nitrogens with zero attached hydrogens (tertiary/aromatic N) is 3. The molecule has 1 aromatic heterocycles. The number of halogens is 1. The third-order valence-electron chi connectivity index (χ3n) is 2.97. The van der Waals surface area contributed by atoms with Gasteiger partial charge in [-0.1, -0.05) is 12.1 Å². The van der Waals surface area contributed by atoms with Crippen molar-refractivity contribution in [2.75, 3.05) is 31.1 Å². The number of fused-ring (bicyclic) bond motifs is 1. The van der Waals surface area contributed by atoms with Gasteiger partial charge < -0.3 is 10.2 Å². The normalized spacial score (nSPS) is 16.4. The molecule has 1 aliphatic heterocycles. The van der Waals surface area contributed by atoms with E-state index in [-0.39, 0.29) is 0 Å². The molecular formula is C12H13ClN4. The van der Waals surface area contributed by atoms with Gasteiger partial charge in [0.05, 0.1) is 5.52 Å². The van der Waals surface area contributed by atoms with Crippen molar-refractivity contribution >= 4 is 28.3 Å². The topological polar surface area (TPSA) is 41.1 Å². The van der Waals surface area contributed by atoms with Crippen LogP contribution in [0.4, 0.5) is 5.82 Å². The quantitative estimate of drug-likeness (QED) is 0.780. The Labute approximate surface area is 105 Å². The van der Waals surface area contributed by atoms with Crippen molar-refractivity contribution in [3.8, 4) is 0 Å². The Morgan fingerprint density at radius 2 is 1.88 bits per heavy atom. The van der Waals surface area contributed by atoms with Crippen LogP contribution in [0.25, 0.3) is 10.9 Å². The molecule has 0 amide bonds. The number of anilines is 1. The summed E-state index contributed by atoms with van der Waals surface area (Å²) in [6.07, 6.45) is 0. The summed E-state index contributed by atoms with van der Waals surface area (Å²) >= 11 is 5.98. The number of rotatable bonds is 1. The van der Waals surface area contributed by atoms with E-state index >= 15 is 0 Å². The predicted octanol–water partition coefficient (Wildman–Crippen LogP) is 1.69. The van der Waals surface area contributed by atoms with Gasteiger partial charge in [-0.2, -0.15) is 4.98 Å². The van der Waals surface area contributed by atoms with Crippen molar-refractivity contribution in [2.24, 2.45) is 0 Å². The Bertz CT molecular complexity index is 537. The Hall–Kier alpha value is -1.39. The van der Waals surface area contributed by atoms with Crippen LogP contribution in [0.3, 0.4) is 0 Å². The lowest BCUT2D eigenvalue weighted by atomic mass is 10.2. The second-order valence-electron chi connectivity index (χ2n) is 4.07. The number of piperazine rings is 1. The summed E-state index contributed by atoms with van der Waals surface area (Å²) in [4.78, 5) is 10.9. The third kappa shape index (κ3) is 2.06. The first-order valence-corrected chi connectivity index (χ1v) is 6.10. The van der Waals surface area contributed by atoms with Gasteiger partial charge in [-0.05, 0) is 23.7 Å². The minimum atomic E-state index is 0.317. The van der Waals surface area contributed by atoms with Crippen LogP contribution in [0.2, 0.25) is 5.28 Å². The molecule has 0 unspecified atom stereocenters. The largest absolute Gasteiger partial charge is 0.353 e. The molecule has 2 aromatic rings. The van der Waals surface area contributed by atoms with Gasteiger partial charge in [-0.3, -0.25) is 0 Å². The molecule has 0 radical (unpaired) electrons. The molecule has 0 saturated carbocycles. The van der Waals surface area contributed by atoms with E-state index in [4.69, 9.17) is 11.6 Å². The molecule has 1 saturated heterocycles. The number of aromatic nitrogens is 2. The van der Waals surface area contributed by atoms with E-state index in [0.29, 0.717) is 5.28 Å². The lowest BCUT2D eigenvalue weighted by Gasteiger charge is -2.29. The number of hydrogen-bond acceptors (Lipinski definition) is 4. The molecule has 88 valence electrons. The van der Waals surface area contributed by atoms with Crippen LogP contribution in [0, 0.1) is 0 Å². The summed E-state index contributed by atoms with van der Waals surface area (Å²) < 4.78 is 0. The molecule has 0 atom stereocenters. The van der Waals surface area contributed by atoms with Crippen LogP contribution in [0.15, 0.2) is 24.3 Å². The van der Waals surface area contributed by atoms with Gasteiger partial charge >= 0.3 is 0 Å². The van der Waals surface area contributed by atoms with E-state index in [0.717, 1.165) is 42.9 Å². The first-order valence-electron chi connectivity index (χ1n) is 5.72. The maximum Gasteiger partial charge on any atom is 0.224 e. The Kier molecular flexibility index (Phi) is 2.82. The number of nitrogens with one attached hydrogen (secondary N) is 1. The molecule has 3 rings (SSSR count). The van der Waals surface area contributed by atoms with Gasteiger partial charge in [0.2, 0.25) is 5.28 Å². The molecule has 0 spiro atoms. The van der Waals surface area contributed by atoms with E-state index < -0.39 is 0 Å². The molecule has 17 heavy (non-hydrogen) atoms. The molecule has 1 fully saturated rings. The number of benzene rings is 1. The molecule has 1 N–H and O–H groups in total. The average molecular weight is 249 g/mol. The predicted molar refractivity (Wildman–Crippen MR) is 69.6 cm³/mol. The van der Waals surface area contributed by atoms with Crippen molar-refractivity contribution in [2.45, 2.75) is 0 Å². The Balaban J connectivity index is 2.13. The van der Waals surface area contributed by atoms with Crippen LogP contribution in [0.1, 0.15) is 0 Å². The SMILES string of the molecule is Clc1nc(N2CCNCC2)c2ccccc2n1. The summed E-state index contributed by atoms with van der Waals surface area (Å²) in [6, 6.07) is 7.98. The summed E-state index contributed by atoms with van der Waals surface area (Å²) in [7, 11) is 0. The molecule has 4 nitrogen and oxygen atoms in total. The van der Waals surface area contributed by atoms with E-state index in [2.05, 4.69) is 20.2 Å². The highest BCUT2D eigenvalue weighted by Gasteiger charge is 2.15. The fraction of sp³-hybridized carbons (Fsp3) is 0.333. The second-order valence-corrected chi connectivity index (χ2v) is 4.41. The van der Waals surface area contributed by atoms with Gasteiger partial charge in [0, 0.05) is 31.6 Å². The highest BCUT2D eigenvalue weighted by Crippen LogP contribution is 2.25. The summed E-state index contributed by atoms with van der Waals surface area (Å²) in [5.74, 6) is 0.946. The standard InChI is InChI=1S/C12H13ClN4/c13-12-15-10-4-2-1-3-9(10)11(16-12)17-7-5-14-6-8-17/h1-4,14H,5-8H2. The summed E-state index contributed by atoms with van der Waals surface area (Å²) in [5, 5.41) is 4.71. The Morgan fingerprint density at radius 1 is 1.12 bits per heavy atom. The van der Waals surface area contributed by atoms with Crippen LogP contribution in [0.5, 0.6) is 0 Å². The van der Waals surface area contributed by atoms with E-state index in [1.807, 2.05) is 24.3 Å². The molecule has 1 aromatic carbocycles. The van der Waals surface area contributed by atoms with Gasteiger partial charge in [0.15, 0.2) is 0 Å². The van der Waals surface area contributed by atoms with E-state index in [1.165, 1.54) is 0 Å². The van der Waals surface area contributed by atoms with Gasteiger partial charge in [-0.25, -0.2) is 4.98 Å². The Morgan fingerprint density at radius 3 is 2.71 bits per heavy atom. The van der Waals surface area contributed by atoms with Crippen molar-refractivity contribution in [3.05, 3.63) is 29.5 Å². The fourth-order valence-corrected chi connectivity index (χ4v) is 2.32. The fourth-order valence-electron chi connectivity index (χ4n) is 2.15. The van der Waals surface area contributed by atoms with Crippen molar-refractivity contribution in [1.82, 2.24) is 15.3 Å². The zero-order chi connectivity index (χ0) is 11.7. The smallest absolute Gasteiger partial charge is 0.224 e. The molecular weight excluding hydrogens is 236 g/mol. The monoisotopic (exact) mass is 248 g/mol. The van der Waals surface area contributed by atoms with Crippen LogP contribution in [-0.2, 0) is 0 Å². The minimum absolute atomic E-state index is 0.317. The molecule has 0 bridgehead atoms. The summed E-state index contributed by atoms with van der Waals surface area (Å²) in [6.45, 7) is 3.88. The van der Waals surface area contributed by atoms with Gasteiger partial charge in [0.1, 0.15) is 5.82 Å². The highest BCUT2D eigenvalue weighted by molar-refractivity contribution is 6.28. The first kappa shape index (κ1) is 10.7. The third-order valence-corrected chi connectivity index (χ3v) is 3.14. The maximum atomic E-state index is 5.98. The van der Waals surface area contributed by atoms with Crippen LogP contribution < -0.4 is 10.2 Å². The van der Waals surface area contributed by atoms with E-state index in [9.17, 15) is 0 Å². The van der Waals surface area contributed by atoms with Crippen molar-refractivity contribution in [3.63, 3.8) is 0 Å². The van der Waals surface area contributed by atoms with E-state index in [1.54, 1.807) is 0 Å². The highest BCUT2D eigenvalue weighted by atomic mass is 35.5. The number of hydrogen-bond donors (Lipinski definition) is 1. The minimum Gasteiger partial charge on any atom is -0.353 e. The van der Waals surface area contributed by atoms with Gasteiger partial charge in [0.25, 0.3) is 0 Å². The zero-order valence-electron chi connectivity index (χ0n) is 9.36. The average Bonchev–Trinajstić information content (AvgIpc) is 2.39. The second kappa shape index (κ2) is 4.47. The van der Waals surface area contributed by atoms with Crippen LogP contribution in [-0.4, -0.2) is 36.1 Å². The van der Waals surface area contributed by atoms with Crippen molar-refractivity contribution in [1.29, 1.82) is 0 Å². The first-order chi connectivity index (χ1) is 8.34. The lowest BCUT2D eigenvalue weighted by Crippen LogP contribution is -2.44. The van der Waals surface area contributed by atoms with Crippen molar-refractivity contribution < 1.29 is 0 Å². The van der Waals surface area contributed by atoms with Gasteiger partial charge in [-0.15, -0.1) is 0 Å².